The number of hydrogen-bond acceptors (Lipinski definition) is 5. The van der Waals surface area contributed by atoms with Crippen LogP contribution in [0.1, 0.15) is 40.7 Å². The zero-order valence-electron chi connectivity index (χ0n) is 16.3. The Kier molecular flexibility index (Phi) is 5.99. The molecule has 2 aromatic rings. The zero-order chi connectivity index (χ0) is 21.2. The fourth-order valence-electron chi connectivity index (χ4n) is 3.35. The number of hydrogen-bond donors (Lipinski definition) is 1. The molecule has 29 heavy (non-hydrogen) atoms. The number of piperidine rings is 1. The summed E-state index contributed by atoms with van der Waals surface area (Å²) in [5, 5.41) is 13.7. The van der Waals surface area contributed by atoms with Crippen LogP contribution < -0.4 is 5.32 Å². The van der Waals surface area contributed by atoms with E-state index in [2.05, 4.69) is 5.32 Å². The number of nitro benzene ring substituents is 1. The summed E-state index contributed by atoms with van der Waals surface area (Å²) in [6, 6.07) is 8.78. The first kappa shape index (κ1) is 20.9. The summed E-state index contributed by atoms with van der Waals surface area (Å²) in [6.45, 7) is 4.33. The molecule has 0 radical (unpaired) electrons. The van der Waals surface area contributed by atoms with Gasteiger partial charge < -0.3 is 5.32 Å². The van der Waals surface area contributed by atoms with Gasteiger partial charge in [-0.3, -0.25) is 14.9 Å². The maximum Gasteiger partial charge on any atom is 0.272 e. The van der Waals surface area contributed by atoms with E-state index >= 15 is 0 Å². The number of anilines is 1. The highest BCUT2D eigenvalue weighted by Crippen LogP contribution is 2.26. The Morgan fingerprint density at radius 1 is 1.03 bits per heavy atom. The maximum absolute atomic E-state index is 12.9. The summed E-state index contributed by atoms with van der Waals surface area (Å²) in [5.41, 5.74) is 1.68. The summed E-state index contributed by atoms with van der Waals surface area (Å²) in [6.07, 6.45) is 2.71. The molecule has 0 saturated carbocycles. The van der Waals surface area contributed by atoms with Crippen LogP contribution in [0.15, 0.2) is 41.3 Å². The van der Waals surface area contributed by atoms with Crippen molar-refractivity contribution in [1.29, 1.82) is 0 Å². The van der Waals surface area contributed by atoms with Crippen molar-refractivity contribution in [3.8, 4) is 0 Å². The number of aryl methyl sites for hydroxylation is 2. The van der Waals surface area contributed by atoms with Gasteiger partial charge in [-0.05, 0) is 56.5 Å². The number of carbonyl (C=O) groups is 1. The summed E-state index contributed by atoms with van der Waals surface area (Å²) in [7, 11) is -3.62. The van der Waals surface area contributed by atoms with Crippen molar-refractivity contribution >= 4 is 27.3 Å². The molecule has 0 unspecified atom stereocenters. The SMILES string of the molecule is Cc1ccc(S(=O)(=O)N2CCCCC2)cc1NC(=O)c1ccc([N+](=O)[O-])c(C)c1. The summed E-state index contributed by atoms with van der Waals surface area (Å²) in [4.78, 5) is 23.2. The Hall–Kier alpha value is -2.78. The molecule has 8 nitrogen and oxygen atoms in total. The number of nitrogens with zero attached hydrogens (tertiary/aromatic N) is 2. The van der Waals surface area contributed by atoms with Gasteiger partial charge >= 0.3 is 0 Å². The second-order valence-electron chi connectivity index (χ2n) is 7.15. The van der Waals surface area contributed by atoms with Crippen molar-refractivity contribution in [3.05, 3.63) is 63.2 Å². The predicted octanol–water partition coefficient (Wildman–Crippen LogP) is 3.64. The van der Waals surface area contributed by atoms with Crippen molar-refractivity contribution in [1.82, 2.24) is 4.31 Å². The molecule has 0 spiro atoms. The molecule has 2 aromatic carbocycles. The second-order valence-corrected chi connectivity index (χ2v) is 9.09. The number of benzene rings is 2. The number of carbonyl (C=O) groups excluding carboxylic acids is 1. The van der Waals surface area contributed by atoms with Crippen molar-refractivity contribution in [2.45, 2.75) is 38.0 Å². The minimum atomic E-state index is -3.62. The van der Waals surface area contributed by atoms with Crippen LogP contribution in [-0.4, -0.2) is 36.6 Å². The Morgan fingerprint density at radius 2 is 1.72 bits per heavy atom. The van der Waals surface area contributed by atoms with Crippen LogP contribution in [0.25, 0.3) is 0 Å². The number of nitro groups is 1. The molecule has 1 aliphatic rings. The van der Waals surface area contributed by atoms with Crippen molar-refractivity contribution < 1.29 is 18.1 Å². The number of sulfonamides is 1. The van der Waals surface area contributed by atoms with E-state index < -0.39 is 20.9 Å². The van der Waals surface area contributed by atoms with Gasteiger partial charge in [-0.25, -0.2) is 8.42 Å². The normalized spacial score (nSPS) is 15.1. The first-order chi connectivity index (χ1) is 13.7. The quantitative estimate of drug-likeness (QED) is 0.590. The van der Waals surface area contributed by atoms with Gasteiger partial charge in [0.2, 0.25) is 10.0 Å². The Labute approximate surface area is 169 Å². The van der Waals surface area contributed by atoms with E-state index in [0.29, 0.717) is 24.3 Å². The Balaban J connectivity index is 1.86. The number of amides is 1. The predicted molar refractivity (Wildman–Crippen MR) is 110 cm³/mol. The Bertz CT molecular complexity index is 1060. The van der Waals surface area contributed by atoms with Gasteiger partial charge in [0.1, 0.15) is 0 Å². The van der Waals surface area contributed by atoms with E-state index in [-0.39, 0.29) is 16.1 Å². The Morgan fingerprint density at radius 3 is 2.34 bits per heavy atom. The van der Waals surface area contributed by atoms with Crippen LogP contribution in [0.5, 0.6) is 0 Å². The summed E-state index contributed by atoms with van der Waals surface area (Å²) < 4.78 is 27.3. The first-order valence-electron chi connectivity index (χ1n) is 9.37. The topological polar surface area (TPSA) is 110 Å². The molecule has 1 heterocycles. The van der Waals surface area contributed by atoms with Gasteiger partial charge in [0.25, 0.3) is 11.6 Å². The summed E-state index contributed by atoms with van der Waals surface area (Å²) >= 11 is 0. The molecule has 1 amide bonds. The third-order valence-corrected chi connectivity index (χ3v) is 6.96. The fourth-order valence-corrected chi connectivity index (χ4v) is 4.89. The van der Waals surface area contributed by atoms with Crippen LogP contribution in [0, 0.1) is 24.0 Å². The first-order valence-corrected chi connectivity index (χ1v) is 10.8. The molecule has 1 aliphatic heterocycles. The number of rotatable bonds is 5. The number of nitrogens with one attached hydrogen (secondary N) is 1. The van der Waals surface area contributed by atoms with Gasteiger partial charge in [0.15, 0.2) is 0 Å². The van der Waals surface area contributed by atoms with E-state index in [9.17, 15) is 23.3 Å². The molecule has 1 saturated heterocycles. The van der Waals surface area contributed by atoms with Crippen LogP contribution in [0.2, 0.25) is 0 Å². The lowest BCUT2D eigenvalue weighted by atomic mass is 10.1. The van der Waals surface area contributed by atoms with Gasteiger partial charge in [0, 0.05) is 36.0 Å². The molecule has 0 atom stereocenters. The van der Waals surface area contributed by atoms with Gasteiger partial charge in [-0.2, -0.15) is 4.31 Å². The summed E-state index contributed by atoms with van der Waals surface area (Å²) in [5.74, 6) is -0.460. The lowest BCUT2D eigenvalue weighted by molar-refractivity contribution is -0.385. The monoisotopic (exact) mass is 417 g/mol. The lowest BCUT2D eigenvalue weighted by Crippen LogP contribution is -2.35. The van der Waals surface area contributed by atoms with Gasteiger partial charge in [-0.1, -0.05) is 12.5 Å². The molecule has 154 valence electrons. The van der Waals surface area contributed by atoms with E-state index in [0.717, 1.165) is 24.8 Å². The van der Waals surface area contributed by atoms with Gasteiger partial charge in [-0.15, -0.1) is 0 Å². The highest BCUT2D eigenvalue weighted by molar-refractivity contribution is 7.89. The fraction of sp³-hybridized carbons (Fsp3) is 0.350. The second kappa shape index (κ2) is 8.30. The third kappa shape index (κ3) is 4.46. The molecule has 1 fully saturated rings. The van der Waals surface area contributed by atoms with Crippen molar-refractivity contribution in [3.63, 3.8) is 0 Å². The minimum Gasteiger partial charge on any atom is -0.322 e. The third-order valence-electron chi connectivity index (χ3n) is 5.07. The lowest BCUT2D eigenvalue weighted by Gasteiger charge is -2.26. The molecule has 9 heteroatoms. The van der Waals surface area contributed by atoms with Crippen molar-refractivity contribution in [2.24, 2.45) is 0 Å². The molecular weight excluding hydrogens is 394 g/mol. The largest absolute Gasteiger partial charge is 0.322 e. The van der Waals surface area contributed by atoms with E-state index in [1.54, 1.807) is 26.0 Å². The molecule has 3 rings (SSSR count). The average Bonchev–Trinajstić information content (AvgIpc) is 2.69. The van der Waals surface area contributed by atoms with Crippen LogP contribution in [-0.2, 0) is 10.0 Å². The minimum absolute atomic E-state index is 0.0626. The van der Waals surface area contributed by atoms with Crippen LogP contribution >= 0.6 is 0 Å². The highest BCUT2D eigenvalue weighted by atomic mass is 32.2. The van der Waals surface area contributed by atoms with Crippen LogP contribution in [0.3, 0.4) is 0 Å². The smallest absolute Gasteiger partial charge is 0.272 e. The maximum atomic E-state index is 12.9. The zero-order valence-corrected chi connectivity index (χ0v) is 17.2. The molecular formula is C20H23N3O5S. The van der Waals surface area contributed by atoms with Gasteiger partial charge in [0.05, 0.1) is 9.82 Å². The van der Waals surface area contributed by atoms with E-state index in [4.69, 9.17) is 0 Å². The van der Waals surface area contributed by atoms with Crippen molar-refractivity contribution in [2.75, 3.05) is 18.4 Å². The average molecular weight is 417 g/mol. The molecule has 0 aliphatic carbocycles. The van der Waals surface area contributed by atoms with E-state index in [1.807, 2.05) is 0 Å². The highest BCUT2D eigenvalue weighted by Gasteiger charge is 2.26. The molecule has 0 bridgehead atoms. The van der Waals surface area contributed by atoms with Crippen LogP contribution in [0.4, 0.5) is 11.4 Å². The standard InChI is InChI=1S/C20H23N3O5S/c1-14-6-8-17(29(27,28)22-10-4-3-5-11-22)13-18(14)21-20(24)16-7-9-19(23(25)26)15(2)12-16/h6-9,12-13H,3-5,10-11H2,1-2H3,(H,21,24). The molecule has 0 aromatic heterocycles. The molecule has 1 N–H and O–H groups in total. The van der Waals surface area contributed by atoms with E-state index in [1.165, 1.54) is 28.6 Å².